The van der Waals surface area contributed by atoms with E-state index in [0.29, 0.717) is 5.56 Å². The van der Waals surface area contributed by atoms with E-state index in [9.17, 15) is 17.6 Å². The van der Waals surface area contributed by atoms with E-state index in [1.807, 2.05) is 0 Å². The van der Waals surface area contributed by atoms with Gasteiger partial charge in [0.1, 0.15) is 5.82 Å². The van der Waals surface area contributed by atoms with Crippen molar-refractivity contribution in [1.29, 1.82) is 0 Å². The number of rotatable bonds is 4. The monoisotopic (exact) mass is 237 g/mol. The summed E-state index contributed by atoms with van der Waals surface area (Å²) in [7, 11) is 0. The van der Waals surface area contributed by atoms with Crippen LogP contribution in [0.5, 0.6) is 0 Å². The molecule has 90 valence electrons. The molecule has 2 nitrogen and oxygen atoms in total. The minimum absolute atomic E-state index is 0.0534. The lowest BCUT2D eigenvalue weighted by atomic mass is 10.2. The largest absolute Gasteiger partial charge is 0.398 e. The Hall–Kier alpha value is -1.30. The van der Waals surface area contributed by atoms with Crippen molar-refractivity contribution >= 4 is 5.69 Å². The number of hydrogen-bond acceptors (Lipinski definition) is 2. The normalized spacial score (nSPS) is 11.8. The fourth-order valence-corrected chi connectivity index (χ4v) is 1.07. The third kappa shape index (κ3) is 4.48. The van der Waals surface area contributed by atoms with Crippen molar-refractivity contribution in [2.45, 2.75) is 19.2 Å². The Kier molecular flexibility index (Phi) is 4.12. The summed E-state index contributed by atoms with van der Waals surface area (Å²) in [6, 6.07) is 3.67. The summed E-state index contributed by atoms with van der Waals surface area (Å²) in [5.41, 5.74) is 6.10. The molecular formula is C10H11F4NO. The van der Waals surface area contributed by atoms with Crippen LogP contribution in [0.2, 0.25) is 0 Å². The second-order valence-electron chi connectivity index (χ2n) is 3.26. The summed E-state index contributed by atoms with van der Waals surface area (Å²) in [6.45, 7) is -0.484. The van der Waals surface area contributed by atoms with Gasteiger partial charge in [-0.3, -0.25) is 0 Å². The van der Waals surface area contributed by atoms with Gasteiger partial charge in [0.05, 0.1) is 19.6 Å². The predicted octanol–water partition coefficient (Wildman–Crippen LogP) is 2.88. The summed E-state index contributed by atoms with van der Waals surface area (Å²) < 4.78 is 52.7. The molecule has 0 aliphatic rings. The van der Waals surface area contributed by atoms with E-state index in [1.54, 1.807) is 0 Å². The topological polar surface area (TPSA) is 35.2 Å². The molecule has 0 fully saturated rings. The first-order valence-corrected chi connectivity index (χ1v) is 4.57. The van der Waals surface area contributed by atoms with Crippen LogP contribution in [-0.2, 0) is 11.3 Å². The van der Waals surface area contributed by atoms with Crippen LogP contribution in [0.15, 0.2) is 18.2 Å². The lowest BCUT2D eigenvalue weighted by Crippen LogP contribution is -2.11. The summed E-state index contributed by atoms with van der Waals surface area (Å²) in [5.74, 6) is -0.489. The smallest absolute Gasteiger partial charge is 0.391 e. The van der Waals surface area contributed by atoms with Crippen LogP contribution in [0.1, 0.15) is 12.0 Å². The average Bonchev–Trinajstić information content (AvgIpc) is 2.13. The zero-order valence-electron chi connectivity index (χ0n) is 8.35. The first-order chi connectivity index (χ1) is 7.38. The highest BCUT2D eigenvalue weighted by Crippen LogP contribution is 2.20. The van der Waals surface area contributed by atoms with E-state index < -0.39 is 25.0 Å². The lowest BCUT2D eigenvalue weighted by molar-refractivity contribution is -0.146. The van der Waals surface area contributed by atoms with Gasteiger partial charge in [0.2, 0.25) is 0 Å². The number of halogens is 4. The van der Waals surface area contributed by atoms with E-state index in [-0.39, 0.29) is 12.3 Å². The second-order valence-corrected chi connectivity index (χ2v) is 3.26. The van der Waals surface area contributed by atoms with Crippen LogP contribution in [0, 0.1) is 5.82 Å². The van der Waals surface area contributed by atoms with Crippen molar-refractivity contribution in [3.8, 4) is 0 Å². The Morgan fingerprint density at radius 2 is 1.94 bits per heavy atom. The van der Waals surface area contributed by atoms with Crippen molar-refractivity contribution in [1.82, 2.24) is 0 Å². The molecule has 0 aromatic heterocycles. The van der Waals surface area contributed by atoms with Crippen LogP contribution in [0.4, 0.5) is 23.2 Å². The summed E-state index contributed by atoms with van der Waals surface area (Å²) >= 11 is 0. The summed E-state index contributed by atoms with van der Waals surface area (Å²) in [4.78, 5) is 0. The molecule has 0 aliphatic heterocycles. The Bertz CT molecular complexity index is 351. The molecule has 0 spiro atoms. The maximum atomic E-state index is 12.6. The van der Waals surface area contributed by atoms with Crippen LogP contribution in [0.25, 0.3) is 0 Å². The molecule has 0 bridgehead atoms. The standard InChI is InChI=1S/C10H11F4NO/c11-8-2-1-7(9(15)5-8)6-16-4-3-10(12,13)14/h1-2,5H,3-4,6,15H2. The summed E-state index contributed by atoms with van der Waals surface area (Å²) in [5, 5.41) is 0. The molecule has 0 amide bonds. The van der Waals surface area contributed by atoms with E-state index >= 15 is 0 Å². The number of nitrogens with two attached hydrogens (primary N) is 1. The van der Waals surface area contributed by atoms with Gasteiger partial charge in [-0.25, -0.2) is 4.39 Å². The van der Waals surface area contributed by atoms with Gasteiger partial charge in [0, 0.05) is 11.3 Å². The molecule has 1 rings (SSSR count). The van der Waals surface area contributed by atoms with Gasteiger partial charge in [0.25, 0.3) is 0 Å². The van der Waals surface area contributed by atoms with Crippen molar-refractivity contribution in [3.63, 3.8) is 0 Å². The number of anilines is 1. The van der Waals surface area contributed by atoms with Gasteiger partial charge >= 0.3 is 6.18 Å². The van der Waals surface area contributed by atoms with Gasteiger partial charge in [0.15, 0.2) is 0 Å². The fourth-order valence-electron chi connectivity index (χ4n) is 1.07. The zero-order valence-corrected chi connectivity index (χ0v) is 8.35. The third-order valence-electron chi connectivity index (χ3n) is 1.90. The van der Waals surface area contributed by atoms with Gasteiger partial charge in [-0.2, -0.15) is 13.2 Å². The molecule has 6 heteroatoms. The molecule has 1 aromatic carbocycles. The molecule has 16 heavy (non-hydrogen) atoms. The van der Waals surface area contributed by atoms with Gasteiger partial charge < -0.3 is 10.5 Å². The van der Waals surface area contributed by atoms with E-state index in [2.05, 4.69) is 0 Å². The highest BCUT2D eigenvalue weighted by atomic mass is 19.4. The SMILES string of the molecule is Nc1cc(F)ccc1COCCC(F)(F)F. The molecule has 0 atom stereocenters. The molecule has 1 aromatic rings. The highest BCUT2D eigenvalue weighted by molar-refractivity contribution is 5.46. The predicted molar refractivity (Wildman–Crippen MR) is 51.1 cm³/mol. The molecule has 0 saturated heterocycles. The fraction of sp³-hybridized carbons (Fsp3) is 0.400. The van der Waals surface area contributed by atoms with Crippen molar-refractivity contribution in [2.75, 3.05) is 12.3 Å². The molecule has 0 radical (unpaired) electrons. The third-order valence-corrected chi connectivity index (χ3v) is 1.90. The molecular weight excluding hydrogens is 226 g/mol. The van der Waals surface area contributed by atoms with Crippen LogP contribution >= 0.6 is 0 Å². The van der Waals surface area contributed by atoms with Crippen LogP contribution in [-0.4, -0.2) is 12.8 Å². The zero-order chi connectivity index (χ0) is 12.2. The number of benzene rings is 1. The number of ether oxygens (including phenoxy) is 1. The Labute approximate surface area is 90.0 Å². The van der Waals surface area contributed by atoms with E-state index in [4.69, 9.17) is 10.5 Å². The Morgan fingerprint density at radius 1 is 1.25 bits per heavy atom. The molecule has 0 aliphatic carbocycles. The van der Waals surface area contributed by atoms with Gasteiger partial charge in [-0.05, 0) is 12.1 Å². The number of nitrogen functional groups attached to an aromatic ring is 1. The first kappa shape index (κ1) is 12.8. The summed E-state index contributed by atoms with van der Waals surface area (Å²) in [6.07, 6.45) is -5.23. The molecule has 2 N–H and O–H groups in total. The quantitative estimate of drug-likeness (QED) is 0.496. The van der Waals surface area contributed by atoms with Crippen molar-refractivity contribution in [2.24, 2.45) is 0 Å². The average molecular weight is 237 g/mol. The molecule has 0 saturated carbocycles. The number of hydrogen-bond donors (Lipinski definition) is 1. The number of alkyl halides is 3. The van der Waals surface area contributed by atoms with E-state index in [0.717, 1.165) is 6.07 Å². The van der Waals surface area contributed by atoms with Gasteiger partial charge in [-0.15, -0.1) is 0 Å². The molecule has 0 unspecified atom stereocenters. The van der Waals surface area contributed by atoms with Crippen LogP contribution < -0.4 is 5.73 Å². The lowest BCUT2D eigenvalue weighted by Gasteiger charge is -2.08. The second kappa shape index (κ2) is 5.16. The maximum Gasteiger partial charge on any atom is 0.391 e. The van der Waals surface area contributed by atoms with Crippen LogP contribution in [0.3, 0.4) is 0 Å². The minimum Gasteiger partial charge on any atom is -0.398 e. The first-order valence-electron chi connectivity index (χ1n) is 4.57. The van der Waals surface area contributed by atoms with E-state index in [1.165, 1.54) is 12.1 Å². The maximum absolute atomic E-state index is 12.6. The minimum atomic E-state index is -4.23. The Balaban J connectivity index is 2.38. The highest BCUT2D eigenvalue weighted by Gasteiger charge is 2.26. The van der Waals surface area contributed by atoms with Crippen molar-refractivity contribution in [3.05, 3.63) is 29.6 Å². The molecule has 0 heterocycles. The van der Waals surface area contributed by atoms with Crippen molar-refractivity contribution < 1.29 is 22.3 Å². The van der Waals surface area contributed by atoms with Gasteiger partial charge in [-0.1, -0.05) is 6.07 Å². The Morgan fingerprint density at radius 3 is 2.50 bits per heavy atom.